The van der Waals surface area contributed by atoms with Crippen LogP contribution in [-0.2, 0) is 0 Å². The minimum atomic E-state index is 0.270. The summed E-state index contributed by atoms with van der Waals surface area (Å²) in [5.74, 6) is 0.270. The monoisotopic (exact) mass is 257 g/mol. The van der Waals surface area contributed by atoms with Crippen molar-refractivity contribution in [3.8, 4) is 0 Å². The lowest BCUT2D eigenvalue weighted by Gasteiger charge is -2.29. The molecule has 0 bridgehead atoms. The van der Waals surface area contributed by atoms with Crippen molar-refractivity contribution < 1.29 is 4.79 Å². The van der Waals surface area contributed by atoms with Gasteiger partial charge in [0.2, 0.25) is 0 Å². The fraction of sp³-hybridized carbons (Fsp3) is 0.588. The van der Waals surface area contributed by atoms with Crippen molar-refractivity contribution in [1.29, 1.82) is 0 Å². The molecule has 19 heavy (non-hydrogen) atoms. The SMILES string of the molecule is Cc1ccc(C(=O)N(C2CCCC2)C2CC2)c(C)c1. The highest BCUT2D eigenvalue weighted by Crippen LogP contribution is 2.35. The summed E-state index contributed by atoms with van der Waals surface area (Å²) in [6.07, 6.45) is 7.38. The van der Waals surface area contributed by atoms with Crippen LogP contribution < -0.4 is 0 Å². The molecule has 1 aromatic rings. The van der Waals surface area contributed by atoms with Crippen LogP contribution in [0, 0.1) is 13.8 Å². The lowest BCUT2D eigenvalue weighted by atomic mass is 10.0. The van der Waals surface area contributed by atoms with Crippen LogP contribution in [0.2, 0.25) is 0 Å². The molecule has 0 heterocycles. The van der Waals surface area contributed by atoms with Crippen LogP contribution in [0.3, 0.4) is 0 Å². The molecular formula is C17H23NO. The summed E-state index contributed by atoms with van der Waals surface area (Å²) in [4.78, 5) is 15.1. The molecule has 3 rings (SSSR count). The van der Waals surface area contributed by atoms with Gasteiger partial charge in [-0.15, -0.1) is 0 Å². The molecule has 2 heteroatoms. The number of rotatable bonds is 3. The van der Waals surface area contributed by atoms with Crippen LogP contribution in [0.25, 0.3) is 0 Å². The van der Waals surface area contributed by atoms with Crippen molar-refractivity contribution in [2.24, 2.45) is 0 Å². The highest BCUT2D eigenvalue weighted by atomic mass is 16.2. The molecule has 0 N–H and O–H groups in total. The van der Waals surface area contributed by atoms with Gasteiger partial charge < -0.3 is 4.90 Å². The first-order valence-electron chi connectivity index (χ1n) is 7.57. The second kappa shape index (κ2) is 4.99. The molecule has 0 spiro atoms. The third kappa shape index (κ3) is 2.54. The Morgan fingerprint density at radius 2 is 1.68 bits per heavy atom. The average molecular weight is 257 g/mol. The summed E-state index contributed by atoms with van der Waals surface area (Å²) in [6.45, 7) is 4.14. The van der Waals surface area contributed by atoms with Gasteiger partial charge in [-0.25, -0.2) is 0 Å². The smallest absolute Gasteiger partial charge is 0.254 e. The van der Waals surface area contributed by atoms with E-state index in [1.807, 2.05) is 6.07 Å². The molecule has 0 unspecified atom stereocenters. The van der Waals surface area contributed by atoms with Crippen molar-refractivity contribution in [1.82, 2.24) is 4.90 Å². The summed E-state index contributed by atoms with van der Waals surface area (Å²) in [5, 5.41) is 0. The summed E-state index contributed by atoms with van der Waals surface area (Å²) in [7, 11) is 0. The van der Waals surface area contributed by atoms with Crippen LogP contribution in [-0.4, -0.2) is 22.9 Å². The van der Waals surface area contributed by atoms with Crippen molar-refractivity contribution in [2.45, 2.75) is 64.5 Å². The van der Waals surface area contributed by atoms with Gasteiger partial charge in [0.25, 0.3) is 5.91 Å². The van der Waals surface area contributed by atoms with Crippen molar-refractivity contribution in [2.75, 3.05) is 0 Å². The molecular weight excluding hydrogens is 234 g/mol. The Hall–Kier alpha value is -1.31. The van der Waals surface area contributed by atoms with E-state index >= 15 is 0 Å². The Morgan fingerprint density at radius 3 is 2.26 bits per heavy atom. The highest BCUT2D eigenvalue weighted by Gasteiger charge is 2.38. The first-order chi connectivity index (χ1) is 9.16. The molecule has 2 aliphatic rings. The van der Waals surface area contributed by atoms with Gasteiger partial charge in [0.1, 0.15) is 0 Å². The van der Waals surface area contributed by atoms with Gasteiger partial charge in [-0.2, -0.15) is 0 Å². The van der Waals surface area contributed by atoms with Gasteiger partial charge in [-0.1, -0.05) is 30.5 Å². The van der Waals surface area contributed by atoms with E-state index in [9.17, 15) is 4.79 Å². The maximum atomic E-state index is 12.9. The number of hydrogen-bond donors (Lipinski definition) is 0. The van der Waals surface area contributed by atoms with E-state index < -0.39 is 0 Å². The van der Waals surface area contributed by atoms with Crippen LogP contribution in [0.5, 0.6) is 0 Å². The van der Waals surface area contributed by atoms with Crippen molar-refractivity contribution in [3.63, 3.8) is 0 Å². The first-order valence-corrected chi connectivity index (χ1v) is 7.57. The molecule has 2 nitrogen and oxygen atoms in total. The topological polar surface area (TPSA) is 20.3 Å². The normalized spacial score (nSPS) is 19.7. The van der Waals surface area contributed by atoms with Gasteiger partial charge in [-0.05, 0) is 51.2 Å². The lowest BCUT2D eigenvalue weighted by Crippen LogP contribution is -2.40. The van der Waals surface area contributed by atoms with Crippen LogP contribution in [0.1, 0.15) is 60.0 Å². The molecule has 0 radical (unpaired) electrons. The molecule has 1 amide bonds. The number of hydrogen-bond acceptors (Lipinski definition) is 1. The maximum Gasteiger partial charge on any atom is 0.254 e. The first kappa shape index (κ1) is 12.7. The Labute approximate surface area is 115 Å². The fourth-order valence-electron chi connectivity index (χ4n) is 3.36. The predicted molar refractivity (Wildman–Crippen MR) is 77.4 cm³/mol. The Bertz CT molecular complexity index is 484. The number of amides is 1. The maximum absolute atomic E-state index is 12.9. The van der Waals surface area contributed by atoms with Gasteiger partial charge in [-0.3, -0.25) is 4.79 Å². The fourth-order valence-corrected chi connectivity index (χ4v) is 3.36. The minimum absolute atomic E-state index is 0.270. The molecule has 1 aromatic carbocycles. The minimum Gasteiger partial charge on any atom is -0.333 e. The van der Waals surface area contributed by atoms with Crippen LogP contribution in [0.15, 0.2) is 18.2 Å². The summed E-state index contributed by atoms with van der Waals surface area (Å²) in [6, 6.07) is 7.21. The van der Waals surface area contributed by atoms with Crippen LogP contribution in [0.4, 0.5) is 0 Å². The Balaban J connectivity index is 1.87. The van der Waals surface area contributed by atoms with Gasteiger partial charge in [0.05, 0.1) is 0 Å². The molecule has 0 aromatic heterocycles. The zero-order valence-corrected chi connectivity index (χ0v) is 12.0. The van der Waals surface area contributed by atoms with Crippen molar-refractivity contribution >= 4 is 5.91 Å². The number of aryl methyl sites for hydroxylation is 2. The number of nitrogens with zero attached hydrogens (tertiary/aromatic N) is 1. The zero-order chi connectivity index (χ0) is 13.4. The van der Waals surface area contributed by atoms with E-state index in [0.29, 0.717) is 12.1 Å². The van der Waals surface area contributed by atoms with E-state index in [4.69, 9.17) is 0 Å². The van der Waals surface area contributed by atoms with Gasteiger partial charge in [0.15, 0.2) is 0 Å². The second-order valence-corrected chi connectivity index (χ2v) is 6.20. The third-order valence-corrected chi connectivity index (χ3v) is 4.51. The lowest BCUT2D eigenvalue weighted by molar-refractivity contribution is 0.0663. The van der Waals surface area contributed by atoms with Crippen LogP contribution >= 0.6 is 0 Å². The largest absolute Gasteiger partial charge is 0.333 e. The van der Waals surface area contributed by atoms with E-state index in [2.05, 4.69) is 30.9 Å². The second-order valence-electron chi connectivity index (χ2n) is 6.20. The van der Waals surface area contributed by atoms with E-state index in [1.54, 1.807) is 0 Å². The Kier molecular flexibility index (Phi) is 3.34. The summed E-state index contributed by atoms with van der Waals surface area (Å²) in [5.41, 5.74) is 3.26. The van der Waals surface area contributed by atoms with E-state index in [0.717, 1.165) is 11.1 Å². The molecule has 2 aliphatic carbocycles. The van der Waals surface area contributed by atoms with Gasteiger partial charge in [0, 0.05) is 17.6 Å². The number of benzene rings is 1. The molecule has 0 aliphatic heterocycles. The molecule has 0 atom stereocenters. The van der Waals surface area contributed by atoms with Gasteiger partial charge >= 0.3 is 0 Å². The number of carbonyl (C=O) groups excluding carboxylic acids is 1. The summed E-state index contributed by atoms with van der Waals surface area (Å²) >= 11 is 0. The standard InChI is InChI=1S/C17H23NO/c1-12-7-10-16(13(2)11-12)17(19)18(15-8-9-15)14-5-3-4-6-14/h7,10-11,14-15H,3-6,8-9H2,1-2H3. The molecule has 2 fully saturated rings. The van der Waals surface area contributed by atoms with E-state index in [1.165, 1.54) is 44.1 Å². The average Bonchev–Trinajstić information content (AvgIpc) is 3.04. The molecule has 102 valence electrons. The highest BCUT2D eigenvalue weighted by molar-refractivity contribution is 5.96. The zero-order valence-electron chi connectivity index (χ0n) is 12.0. The quantitative estimate of drug-likeness (QED) is 0.805. The Morgan fingerprint density at radius 1 is 1.05 bits per heavy atom. The molecule has 0 saturated heterocycles. The predicted octanol–water partition coefficient (Wildman–Crippen LogP) is 3.85. The molecule has 2 saturated carbocycles. The number of carbonyl (C=O) groups is 1. The van der Waals surface area contributed by atoms with Crippen molar-refractivity contribution in [3.05, 3.63) is 34.9 Å². The van der Waals surface area contributed by atoms with E-state index in [-0.39, 0.29) is 5.91 Å². The third-order valence-electron chi connectivity index (χ3n) is 4.51. The summed E-state index contributed by atoms with van der Waals surface area (Å²) < 4.78 is 0.